The Morgan fingerprint density at radius 1 is 1.23 bits per heavy atom. The fourth-order valence-corrected chi connectivity index (χ4v) is 2.43. The average Bonchev–Trinajstić information content (AvgIpc) is 2.75. The van der Waals surface area contributed by atoms with Crippen LogP contribution in [0.4, 0.5) is 14.5 Å². The lowest BCUT2D eigenvalue weighted by Crippen LogP contribution is -2.16. The molecule has 1 aromatic carbocycles. The molecular weight excluding hydrogens is 288 g/mol. The van der Waals surface area contributed by atoms with Gasteiger partial charge in [-0.15, -0.1) is 0 Å². The third-order valence-corrected chi connectivity index (χ3v) is 3.64. The number of carbonyl (C=O) groups is 1. The minimum absolute atomic E-state index is 0.194. The minimum Gasteiger partial charge on any atom is -0.341 e. The molecule has 0 aliphatic heterocycles. The highest BCUT2D eigenvalue weighted by Gasteiger charge is 2.19. The average molecular weight is 301 g/mol. The maximum atomic E-state index is 13.2. The predicted octanol–water partition coefficient (Wildman–Crippen LogP) is 3.41. The molecule has 1 N–H and O–H groups in total. The van der Waals surface area contributed by atoms with Crippen LogP contribution < -0.4 is 5.32 Å². The Morgan fingerprint density at radius 2 is 2.00 bits per heavy atom. The minimum atomic E-state index is -1.01. The fourth-order valence-electron chi connectivity index (χ4n) is 2.43. The van der Waals surface area contributed by atoms with Crippen LogP contribution in [0.5, 0.6) is 0 Å². The van der Waals surface area contributed by atoms with E-state index in [9.17, 15) is 13.6 Å². The monoisotopic (exact) mass is 301 g/mol. The van der Waals surface area contributed by atoms with Crippen LogP contribution in [0.15, 0.2) is 36.5 Å². The zero-order chi connectivity index (χ0) is 15.9. The van der Waals surface area contributed by atoms with Crippen LogP contribution in [0.25, 0.3) is 10.9 Å². The first kappa shape index (κ1) is 14.2. The second kappa shape index (κ2) is 5.22. The van der Waals surface area contributed by atoms with E-state index < -0.39 is 17.5 Å². The van der Waals surface area contributed by atoms with Crippen LogP contribution in [0.1, 0.15) is 16.2 Å². The predicted molar refractivity (Wildman–Crippen MR) is 79.8 cm³/mol. The van der Waals surface area contributed by atoms with Gasteiger partial charge in [-0.2, -0.15) is 0 Å². The molecule has 0 atom stereocenters. The van der Waals surface area contributed by atoms with Crippen LogP contribution in [-0.2, 0) is 7.05 Å². The Kier molecular flexibility index (Phi) is 3.36. The number of pyridine rings is 1. The molecule has 0 radical (unpaired) electrons. The number of fused-ring (bicyclic) bond motifs is 1. The Bertz CT molecular complexity index is 886. The van der Waals surface area contributed by atoms with Crippen LogP contribution in [0.2, 0.25) is 0 Å². The van der Waals surface area contributed by atoms with Crippen molar-refractivity contribution in [1.82, 2.24) is 9.55 Å². The summed E-state index contributed by atoms with van der Waals surface area (Å²) in [4.78, 5) is 16.7. The molecule has 112 valence electrons. The number of anilines is 1. The van der Waals surface area contributed by atoms with E-state index in [2.05, 4.69) is 10.3 Å². The second-order valence-electron chi connectivity index (χ2n) is 4.98. The van der Waals surface area contributed by atoms with Gasteiger partial charge >= 0.3 is 0 Å². The molecule has 22 heavy (non-hydrogen) atoms. The largest absolute Gasteiger partial charge is 0.341 e. The molecule has 3 rings (SSSR count). The molecule has 4 nitrogen and oxygen atoms in total. The van der Waals surface area contributed by atoms with Crippen LogP contribution in [0.3, 0.4) is 0 Å². The topological polar surface area (TPSA) is 46.9 Å². The van der Waals surface area contributed by atoms with Gasteiger partial charge in [0, 0.05) is 36.1 Å². The van der Waals surface area contributed by atoms with E-state index in [4.69, 9.17) is 0 Å². The third kappa shape index (κ3) is 2.22. The normalized spacial score (nSPS) is 10.9. The summed E-state index contributed by atoms with van der Waals surface area (Å²) in [6, 6.07) is 6.78. The summed E-state index contributed by atoms with van der Waals surface area (Å²) in [6.07, 6.45) is 1.66. The summed E-state index contributed by atoms with van der Waals surface area (Å²) in [5.41, 5.74) is 2.21. The highest BCUT2D eigenvalue weighted by Crippen LogP contribution is 2.24. The van der Waals surface area contributed by atoms with Gasteiger partial charge in [-0.25, -0.2) is 8.78 Å². The van der Waals surface area contributed by atoms with Gasteiger partial charge in [-0.3, -0.25) is 9.78 Å². The summed E-state index contributed by atoms with van der Waals surface area (Å²) in [5, 5.41) is 3.29. The summed E-state index contributed by atoms with van der Waals surface area (Å²) in [5.74, 6) is -2.37. The Morgan fingerprint density at radius 3 is 2.73 bits per heavy atom. The van der Waals surface area contributed by atoms with Crippen LogP contribution in [-0.4, -0.2) is 15.5 Å². The number of rotatable bonds is 2. The molecule has 0 fully saturated rings. The Hall–Kier alpha value is -2.76. The van der Waals surface area contributed by atoms with E-state index in [0.29, 0.717) is 11.1 Å². The lowest BCUT2D eigenvalue weighted by molar-refractivity contribution is 0.102. The number of nitrogens with zero attached hydrogens (tertiary/aromatic N) is 2. The van der Waals surface area contributed by atoms with E-state index >= 15 is 0 Å². The second-order valence-corrected chi connectivity index (χ2v) is 4.98. The van der Waals surface area contributed by atoms with Crippen LogP contribution in [0, 0.1) is 18.6 Å². The fraction of sp³-hybridized carbons (Fsp3) is 0.125. The lowest BCUT2D eigenvalue weighted by atomic mass is 10.2. The van der Waals surface area contributed by atoms with Crippen molar-refractivity contribution < 1.29 is 13.6 Å². The summed E-state index contributed by atoms with van der Waals surface area (Å²) >= 11 is 0. The summed E-state index contributed by atoms with van der Waals surface area (Å²) < 4.78 is 27.9. The van der Waals surface area contributed by atoms with Crippen molar-refractivity contribution in [3.05, 3.63) is 59.6 Å². The van der Waals surface area contributed by atoms with Gasteiger partial charge in [-0.05, 0) is 31.2 Å². The van der Waals surface area contributed by atoms with Crippen molar-refractivity contribution in [3.8, 4) is 0 Å². The van der Waals surface area contributed by atoms with Gasteiger partial charge in [0.05, 0.1) is 5.52 Å². The lowest BCUT2D eigenvalue weighted by Gasteiger charge is -2.08. The van der Waals surface area contributed by atoms with Gasteiger partial charge in [0.1, 0.15) is 5.69 Å². The van der Waals surface area contributed by atoms with Crippen molar-refractivity contribution in [2.75, 3.05) is 5.32 Å². The summed E-state index contributed by atoms with van der Waals surface area (Å²) in [7, 11) is 1.76. The molecule has 0 saturated heterocycles. The third-order valence-electron chi connectivity index (χ3n) is 3.64. The molecule has 0 aliphatic carbocycles. The number of benzene rings is 1. The van der Waals surface area contributed by atoms with E-state index in [0.717, 1.165) is 23.3 Å². The zero-order valence-corrected chi connectivity index (χ0v) is 12.0. The molecule has 2 aromatic heterocycles. The SMILES string of the molecule is Cc1c2ncccc2c(C(=O)Nc2ccc(F)c(F)c2)n1C. The van der Waals surface area contributed by atoms with E-state index in [1.54, 1.807) is 29.9 Å². The van der Waals surface area contributed by atoms with Crippen molar-refractivity contribution in [2.24, 2.45) is 7.05 Å². The molecule has 3 aromatic rings. The Labute approximate surface area is 125 Å². The first-order chi connectivity index (χ1) is 10.5. The van der Waals surface area contributed by atoms with Gasteiger partial charge in [0.2, 0.25) is 0 Å². The highest BCUT2D eigenvalue weighted by molar-refractivity contribution is 6.12. The van der Waals surface area contributed by atoms with Crippen molar-refractivity contribution in [3.63, 3.8) is 0 Å². The van der Waals surface area contributed by atoms with E-state index in [1.165, 1.54) is 6.07 Å². The quantitative estimate of drug-likeness (QED) is 0.788. The highest BCUT2D eigenvalue weighted by atomic mass is 19.2. The van der Waals surface area contributed by atoms with Gasteiger partial charge in [0.25, 0.3) is 5.91 Å². The van der Waals surface area contributed by atoms with Crippen molar-refractivity contribution in [1.29, 1.82) is 0 Å². The molecule has 2 heterocycles. The van der Waals surface area contributed by atoms with Crippen molar-refractivity contribution in [2.45, 2.75) is 6.92 Å². The van der Waals surface area contributed by atoms with Crippen LogP contribution >= 0.6 is 0 Å². The number of hydrogen-bond donors (Lipinski definition) is 1. The Balaban J connectivity index is 2.02. The van der Waals surface area contributed by atoms with Crippen molar-refractivity contribution >= 4 is 22.5 Å². The molecule has 6 heteroatoms. The van der Waals surface area contributed by atoms with Gasteiger partial charge in [0.15, 0.2) is 11.6 Å². The smallest absolute Gasteiger partial charge is 0.272 e. The van der Waals surface area contributed by atoms with E-state index in [1.807, 2.05) is 6.92 Å². The number of aryl methyl sites for hydroxylation is 1. The molecular formula is C16H13F2N3O. The number of aromatic nitrogens is 2. The standard InChI is InChI=1S/C16H13F2N3O/c1-9-14-11(4-3-7-19-14)15(21(9)2)16(22)20-10-5-6-12(17)13(18)8-10/h3-8H,1-2H3,(H,20,22). The maximum Gasteiger partial charge on any atom is 0.272 e. The molecule has 0 bridgehead atoms. The zero-order valence-electron chi connectivity index (χ0n) is 12.0. The molecule has 1 amide bonds. The first-order valence-corrected chi connectivity index (χ1v) is 6.65. The number of nitrogens with one attached hydrogen (secondary N) is 1. The molecule has 0 spiro atoms. The van der Waals surface area contributed by atoms with Gasteiger partial charge < -0.3 is 9.88 Å². The van der Waals surface area contributed by atoms with Gasteiger partial charge in [-0.1, -0.05) is 0 Å². The summed E-state index contributed by atoms with van der Waals surface area (Å²) in [6.45, 7) is 1.86. The first-order valence-electron chi connectivity index (χ1n) is 6.65. The number of hydrogen-bond acceptors (Lipinski definition) is 2. The number of amides is 1. The molecule has 0 unspecified atom stereocenters. The van der Waals surface area contributed by atoms with E-state index in [-0.39, 0.29) is 5.69 Å². The molecule has 0 saturated carbocycles. The molecule has 0 aliphatic rings. The number of halogens is 2. The maximum absolute atomic E-state index is 13.2. The number of carbonyl (C=O) groups excluding carboxylic acids is 1.